The molecule has 0 saturated carbocycles. The number of amides is 1. The molecule has 0 bridgehead atoms. The van der Waals surface area contributed by atoms with Gasteiger partial charge in [-0.3, -0.25) is 4.79 Å². The normalized spacial score (nSPS) is 16.9. The number of benzene rings is 1. The van der Waals surface area contributed by atoms with E-state index in [1.54, 1.807) is 23.1 Å². The van der Waals surface area contributed by atoms with Crippen LogP contribution >= 0.6 is 34.7 Å². The molecule has 2 N–H and O–H groups in total. The van der Waals surface area contributed by atoms with E-state index in [1.807, 2.05) is 23.6 Å². The zero-order valence-electron chi connectivity index (χ0n) is 11.5. The van der Waals surface area contributed by atoms with Crippen molar-refractivity contribution in [1.29, 1.82) is 0 Å². The van der Waals surface area contributed by atoms with Crippen LogP contribution in [0.3, 0.4) is 0 Å². The first-order chi connectivity index (χ1) is 10.2. The Morgan fingerprint density at radius 2 is 2.33 bits per heavy atom. The Morgan fingerprint density at radius 1 is 1.48 bits per heavy atom. The lowest BCUT2D eigenvalue weighted by molar-refractivity contribution is -0.117. The molecule has 110 valence electrons. The number of halogens is 1. The van der Waals surface area contributed by atoms with E-state index in [-0.39, 0.29) is 11.9 Å². The van der Waals surface area contributed by atoms with Gasteiger partial charge in [-0.2, -0.15) is 0 Å². The molecule has 1 aromatic heterocycles. The monoisotopic (exact) mass is 338 g/mol. The molecule has 1 aliphatic rings. The van der Waals surface area contributed by atoms with Crippen molar-refractivity contribution in [3.63, 3.8) is 0 Å². The van der Waals surface area contributed by atoms with Crippen LogP contribution in [0.5, 0.6) is 0 Å². The van der Waals surface area contributed by atoms with Crippen LogP contribution < -0.4 is 10.6 Å². The Balaban J connectivity index is 1.88. The lowest BCUT2D eigenvalue weighted by atomic mass is 10.1. The van der Waals surface area contributed by atoms with Gasteiger partial charge in [0.2, 0.25) is 5.91 Å². The molecule has 1 atom stereocenters. The molecule has 3 nitrogen and oxygen atoms in total. The maximum absolute atomic E-state index is 12.1. The second-order valence-electron chi connectivity index (χ2n) is 4.78. The SMILES string of the molecule is CCCNC1C(=O)Nc2cc(Sc3cccs3)c(Cl)cc21. The van der Waals surface area contributed by atoms with Crippen LogP contribution in [0.1, 0.15) is 24.9 Å². The topological polar surface area (TPSA) is 41.1 Å². The molecule has 0 fully saturated rings. The Kier molecular flexibility index (Phi) is 4.54. The lowest BCUT2D eigenvalue weighted by Gasteiger charge is -2.11. The highest BCUT2D eigenvalue weighted by molar-refractivity contribution is 8.01. The first kappa shape index (κ1) is 14.9. The van der Waals surface area contributed by atoms with Crippen molar-refractivity contribution in [3.05, 3.63) is 40.2 Å². The minimum Gasteiger partial charge on any atom is -0.324 e. The minimum atomic E-state index is -0.293. The fraction of sp³-hybridized carbons (Fsp3) is 0.267. The summed E-state index contributed by atoms with van der Waals surface area (Å²) in [5.41, 5.74) is 1.80. The summed E-state index contributed by atoms with van der Waals surface area (Å²) in [5, 5.41) is 8.91. The van der Waals surface area contributed by atoms with Gasteiger partial charge in [-0.15, -0.1) is 11.3 Å². The summed E-state index contributed by atoms with van der Waals surface area (Å²) in [6.07, 6.45) is 0.985. The maximum Gasteiger partial charge on any atom is 0.246 e. The molecule has 1 unspecified atom stereocenters. The van der Waals surface area contributed by atoms with Crippen molar-refractivity contribution in [2.75, 3.05) is 11.9 Å². The van der Waals surface area contributed by atoms with Gasteiger partial charge in [0.05, 0.1) is 9.23 Å². The molecular formula is C15H15ClN2OS2. The minimum absolute atomic E-state index is 0.00668. The number of hydrogen-bond donors (Lipinski definition) is 2. The molecular weight excluding hydrogens is 324 g/mol. The number of fused-ring (bicyclic) bond motifs is 1. The predicted molar refractivity (Wildman–Crippen MR) is 89.6 cm³/mol. The average molecular weight is 339 g/mol. The maximum atomic E-state index is 12.1. The lowest BCUT2D eigenvalue weighted by Crippen LogP contribution is -2.27. The van der Waals surface area contributed by atoms with Crippen molar-refractivity contribution >= 4 is 46.3 Å². The van der Waals surface area contributed by atoms with E-state index in [2.05, 4.69) is 23.6 Å². The number of thiophene rings is 1. The summed E-state index contributed by atoms with van der Waals surface area (Å²) < 4.78 is 1.18. The Labute approximate surface area is 137 Å². The van der Waals surface area contributed by atoms with Gasteiger partial charge >= 0.3 is 0 Å². The van der Waals surface area contributed by atoms with E-state index in [4.69, 9.17) is 11.6 Å². The van der Waals surface area contributed by atoms with E-state index in [0.717, 1.165) is 29.1 Å². The smallest absolute Gasteiger partial charge is 0.246 e. The summed E-state index contributed by atoms with van der Waals surface area (Å²) >= 11 is 9.69. The summed E-state index contributed by atoms with van der Waals surface area (Å²) in [5.74, 6) is -0.00668. The predicted octanol–water partition coefficient (Wildman–Crippen LogP) is 4.55. The fourth-order valence-electron chi connectivity index (χ4n) is 2.26. The number of rotatable bonds is 5. The molecule has 6 heteroatoms. The molecule has 1 aromatic carbocycles. The van der Waals surface area contributed by atoms with Crippen LogP contribution in [0.25, 0.3) is 0 Å². The molecule has 0 aliphatic carbocycles. The van der Waals surface area contributed by atoms with E-state index in [1.165, 1.54) is 4.21 Å². The van der Waals surface area contributed by atoms with Gasteiger partial charge in [0.25, 0.3) is 0 Å². The standard InChI is InChI=1S/C15H15ClN2OS2/c1-2-5-17-14-9-7-10(16)12(8-11(9)18-15(14)19)21-13-4-3-6-20-13/h3-4,6-8,14,17H,2,5H2,1H3,(H,18,19). The van der Waals surface area contributed by atoms with Crippen LogP contribution in [-0.2, 0) is 4.79 Å². The third kappa shape index (κ3) is 3.11. The first-order valence-corrected chi connectivity index (χ1v) is 8.85. The zero-order chi connectivity index (χ0) is 14.8. The van der Waals surface area contributed by atoms with Crippen LogP contribution in [0.15, 0.2) is 38.8 Å². The summed E-state index contributed by atoms with van der Waals surface area (Å²) in [4.78, 5) is 13.0. The van der Waals surface area contributed by atoms with Crippen LogP contribution in [0.2, 0.25) is 5.02 Å². The Morgan fingerprint density at radius 3 is 3.05 bits per heavy atom. The fourth-order valence-corrected chi connectivity index (χ4v) is 4.32. The second-order valence-corrected chi connectivity index (χ2v) is 7.48. The highest BCUT2D eigenvalue weighted by atomic mass is 35.5. The van der Waals surface area contributed by atoms with Crippen LogP contribution in [0.4, 0.5) is 5.69 Å². The van der Waals surface area contributed by atoms with Gasteiger partial charge in [-0.1, -0.05) is 36.4 Å². The molecule has 0 spiro atoms. The van der Waals surface area contributed by atoms with Gasteiger partial charge in [0, 0.05) is 16.1 Å². The second kappa shape index (κ2) is 6.40. The van der Waals surface area contributed by atoms with E-state index < -0.39 is 0 Å². The molecule has 1 amide bonds. The summed E-state index contributed by atoms with van der Waals surface area (Å²) in [7, 11) is 0. The number of hydrogen-bond acceptors (Lipinski definition) is 4. The number of carbonyl (C=O) groups excluding carboxylic acids is 1. The van der Waals surface area contributed by atoms with Gasteiger partial charge < -0.3 is 10.6 Å². The van der Waals surface area contributed by atoms with Crippen molar-refractivity contribution in [2.45, 2.75) is 28.5 Å². The Bertz CT molecular complexity index is 658. The first-order valence-electron chi connectivity index (χ1n) is 6.78. The Hall–Kier alpha value is -1.01. The van der Waals surface area contributed by atoms with Crippen molar-refractivity contribution < 1.29 is 4.79 Å². The van der Waals surface area contributed by atoms with E-state index >= 15 is 0 Å². The molecule has 3 rings (SSSR count). The van der Waals surface area contributed by atoms with Crippen LogP contribution in [-0.4, -0.2) is 12.5 Å². The number of carbonyl (C=O) groups is 1. The average Bonchev–Trinajstić information content (AvgIpc) is 3.05. The summed E-state index contributed by atoms with van der Waals surface area (Å²) in [6.45, 7) is 2.88. The summed E-state index contributed by atoms with van der Waals surface area (Å²) in [6, 6.07) is 7.65. The number of anilines is 1. The van der Waals surface area contributed by atoms with Gasteiger partial charge in [0.15, 0.2) is 0 Å². The quantitative estimate of drug-likeness (QED) is 0.840. The van der Waals surface area contributed by atoms with E-state index in [0.29, 0.717) is 5.02 Å². The largest absolute Gasteiger partial charge is 0.324 e. The number of nitrogens with one attached hydrogen (secondary N) is 2. The molecule has 2 aromatic rings. The third-order valence-electron chi connectivity index (χ3n) is 3.24. The third-order valence-corrected chi connectivity index (χ3v) is 5.76. The van der Waals surface area contributed by atoms with Gasteiger partial charge in [0.1, 0.15) is 6.04 Å². The zero-order valence-corrected chi connectivity index (χ0v) is 13.9. The molecule has 0 radical (unpaired) electrons. The van der Waals surface area contributed by atoms with Crippen molar-refractivity contribution in [3.8, 4) is 0 Å². The molecule has 21 heavy (non-hydrogen) atoms. The molecule has 1 aliphatic heterocycles. The highest BCUT2D eigenvalue weighted by Crippen LogP contribution is 2.42. The van der Waals surface area contributed by atoms with E-state index in [9.17, 15) is 4.79 Å². The van der Waals surface area contributed by atoms with Crippen molar-refractivity contribution in [2.24, 2.45) is 0 Å². The van der Waals surface area contributed by atoms with Crippen molar-refractivity contribution in [1.82, 2.24) is 5.32 Å². The molecule has 0 saturated heterocycles. The highest BCUT2D eigenvalue weighted by Gasteiger charge is 2.31. The van der Waals surface area contributed by atoms with Crippen LogP contribution in [0, 0.1) is 0 Å². The van der Waals surface area contributed by atoms with Gasteiger partial charge in [-0.05, 0) is 36.5 Å². The van der Waals surface area contributed by atoms with Gasteiger partial charge in [-0.25, -0.2) is 0 Å². The molecule has 2 heterocycles.